The molecule has 6 heteroatoms. The number of carboxylic acids is 1. The molecule has 2 rings (SSSR count). The molecule has 1 heterocycles. The van der Waals surface area contributed by atoms with Crippen molar-refractivity contribution in [2.75, 3.05) is 0 Å². The number of aromatic nitrogens is 2. The number of hydrogen-bond donors (Lipinski definition) is 2. The van der Waals surface area contributed by atoms with Gasteiger partial charge in [-0.2, -0.15) is 0 Å². The van der Waals surface area contributed by atoms with E-state index in [0.29, 0.717) is 11.4 Å². The minimum absolute atomic E-state index is 0.337. The van der Waals surface area contributed by atoms with Crippen molar-refractivity contribution in [2.45, 2.75) is 6.04 Å². The lowest BCUT2D eigenvalue weighted by atomic mass is 10.2. The van der Waals surface area contributed by atoms with Crippen LogP contribution in [0.3, 0.4) is 0 Å². The fourth-order valence-electron chi connectivity index (χ4n) is 1.48. The van der Waals surface area contributed by atoms with Crippen molar-refractivity contribution in [1.82, 2.24) is 9.55 Å². The summed E-state index contributed by atoms with van der Waals surface area (Å²) < 4.78 is 14.3. The smallest absolute Gasteiger partial charge is 0.326 e. The molecule has 0 aliphatic rings. The number of hydrogen-bond acceptors (Lipinski definition) is 3. The average Bonchev–Trinajstić information content (AvgIpc) is 2.77. The number of carboxylic acid groups (broad SMARTS) is 1. The van der Waals surface area contributed by atoms with Crippen molar-refractivity contribution in [2.24, 2.45) is 5.73 Å². The molecule has 0 saturated heterocycles. The molecule has 88 valence electrons. The molecule has 0 saturated carbocycles. The Morgan fingerprint density at radius 3 is 2.65 bits per heavy atom. The third-order valence-corrected chi connectivity index (χ3v) is 2.36. The Kier molecular flexibility index (Phi) is 2.88. The number of imidazole rings is 1. The van der Waals surface area contributed by atoms with Crippen molar-refractivity contribution in [3.63, 3.8) is 0 Å². The Labute approximate surface area is 96.3 Å². The van der Waals surface area contributed by atoms with E-state index in [0.717, 1.165) is 0 Å². The maximum Gasteiger partial charge on any atom is 0.326 e. The van der Waals surface area contributed by atoms with Crippen LogP contribution in [-0.2, 0) is 4.79 Å². The number of halogens is 1. The van der Waals surface area contributed by atoms with Gasteiger partial charge in [0.2, 0.25) is 0 Å². The fraction of sp³-hybridized carbons (Fsp3) is 0.0909. The number of benzene rings is 1. The van der Waals surface area contributed by atoms with Crippen LogP contribution in [0.5, 0.6) is 0 Å². The van der Waals surface area contributed by atoms with Crippen molar-refractivity contribution < 1.29 is 14.3 Å². The Morgan fingerprint density at radius 1 is 1.41 bits per heavy atom. The van der Waals surface area contributed by atoms with Crippen LogP contribution in [0.4, 0.5) is 4.39 Å². The molecule has 17 heavy (non-hydrogen) atoms. The molecule has 0 spiro atoms. The number of nitrogens with two attached hydrogens (primary N) is 1. The van der Waals surface area contributed by atoms with Crippen LogP contribution >= 0.6 is 0 Å². The van der Waals surface area contributed by atoms with Gasteiger partial charge in [-0.05, 0) is 24.3 Å². The first kappa shape index (κ1) is 11.3. The summed E-state index contributed by atoms with van der Waals surface area (Å²) in [5, 5.41) is 8.84. The Bertz CT molecular complexity index is 536. The van der Waals surface area contributed by atoms with Gasteiger partial charge in [-0.1, -0.05) is 0 Å². The Hall–Kier alpha value is -2.21. The summed E-state index contributed by atoms with van der Waals surface area (Å²) in [4.78, 5) is 14.7. The van der Waals surface area contributed by atoms with Gasteiger partial charge in [-0.15, -0.1) is 0 Å². The average molecular weight is 235 g/mol. The van der Waals surface area contributed by atoms with E-state index < -0.39 is 12.0 Å². The molecular formula is C11H10FN3O2. The first-order chi connectivity index (χ1) is 8.09. The van der Waals surface area contributed by atoms with Gasteiger partial charge in [-0.3, -0.25) is 4.79 Å². The van der Waals surface area contributed by atoms with E-state index in [1.807, 2.05) is 0 Å². The van der Waals surface area contributed by atoms with Crippen LogP contribution in [0, 0.1) is 5.82 Å². The number of rotatable bonds is 3. The quantitative estimate of drug-likeness (QED) is 0.834. The van der Waals surface area contributed by atoms with Crippen molar-refractivity contribution in [3.05, 3.63) is 48.3 Å². The molecule has 1 unspecified atom stereocenters. The van der Waals surface area contributed by atoms with Gasteiger partial charge in [0.05, 0.1) is 18.2 Å². The molecule has 0 radical (unpaired) electrons. The number of nitrogens with zero attached hydrogens (tertiary/aromatic N) is 2. The van der Waals surface area contributed by atoms with Crippen molar-refractivity contribution >= 4 is 5.97 Å². The minimum Gasteiger partial charge on any atom is -0.480 e. The zero-order chi connectivity index (χ0) is 12.4. The molecule has 0 aliphatic carbocycles. The van der Waals surface area contributed by atoms with Crippen LogP contribution in [-0.4, -0.2) is 20.6 Å². The lowest BCUT2D eigenvalue weighted by Crippen LogP contribution is -2.23. The summed E-state index contributed by atoms with van der Waals surface area (Å²) in [6, 6.07) is 4.45. The van der Waals surface area contributed by atoms with Gasteiger partial charge in [0.15, 0.2) is 0 Å². The summed E-state index contributed by atoms with van der Waals surface area (Å²) in [5.74, 6) is -1.51. The van der Waals surface area contributed by atoms with Crippen LogP contribution in [0.2, 0.25) is 0 Å². The number of aliphatic carboxylic acids is 1. The second kappa shape index (κ2) is 4.34. The fourth-order valence-corrected chi connectivity index (χ4v) is 1.48. The van der Waals surface area contributed by atoms with Gasteiger partial charge in [0, 0.05) is 5.69 Å². The van der Waals surface area contributed by atoms with Crippen LogP contribution in [0.25, 0.3) is 5.69 Å². The van der Waals surface area contributed by atoms with E-state index >= 15 is 0 Å². The van der Waals surface area contributed by atoms with E-state index in [-0.39, 0.29) is 5.82 Å². The van der Waals surface area contributed by atoms with E-state index in [1.165, 1.54) is 41.4 Å². The van der Waals surface area contributed by atoms with Crippen molar-refractivity contribution in [3.8, 4) is 5.69 Å². The molecule has 1 atom stereocenters. The van der Waals surface area contributed by atoms with Gasteiger partial charge >= 0.3 is 5.97 Å². The SMILES string of the molecule is NC(C(=O)O)c1cncn1-c1ccc(F)cc1. The Morgan fingerprint density at radius 2 is 2.06 bits per heavy atom. The number of carbonyl (C=O) groups is 1. The second-order valence-electron chi connectivity index (χ2n) is 3.48. The van der Waals surface area contributed by atoms with Crippen LogP contribution < -0.4 is 5.73 Å². The molecule has 2 aromatic rings. The van der Waals surface area contributed by atoms with Crippen molar-refractivity contribution in [1.29, 1.82) is 0 Å². The highest BCUT2D eigenvalue weighted by Crippen LogP contribution is 2.16. The molecule has 0 amide bonds. The minimum atomic E-state index is -1.16. The standard InChI is InChI=1S/C11H10FN3O2/c12-7-1-3-8(4-2-7)15-6-14-5-9(15)10(13)11(16)17/h1-6,10H,13H2,(H,16,17). The molecular weight excluding hydrogens is 225 g/mol. The zero-order valence-corrected chi connectivity index (χ0v) is 8.75. The van der Waals surface area contributed by atoms with E-state index in [2.05, 4.69) is 4.98 Å². The second-order valence-corrected chi connectivity index (χ2v) is 3.48. The van der Waals surface area contributed by atoms with Crippen LogP contribution in [0.1, 0.15) is 11.7 Å². The van der Waals surface area contributed by atoms with E-state index in [9.17, 15) is 9.18 Å². The summed E-state index contributed by atoms with van der Waals surface area (Å²) in [5.41, 5.74) is 6.46. The van der Waals surface area contributed by atoms with Gasteiger partial charge in [0.25, 0.3) is 0 Å². The molecule has 3 N–H and O–H groups in total. The predicted octanol–water partition coefficient (Wildman–Crippen LogP) is 1.10. The maximum absolute atomic E-state index is 12.8. The van der Waals surface area contributed by atoms with Gasteiger partial charge in [0.1, 0.15) is 11.9 Å². The highest BCUT2D eigenvalue weighted by atomic mass is 19.1. The van der Waals surface area contributed by atoms with Gasteiger partial charge < -0.3 is 15.4 Å². The van der Waals surface area contributed by atoms with Crippen LogP contribution in [0.15, 0.2) is 36.8 Å². The maximum atomic E-state index is 12.8. The summed E-state index contributed by atoms with van der Waals surface area (Å²) in [7, 11) is 0. The highest BCUT2D eigenvalue weighted by molar-refractivity contribution is 5.74. The third kappa shape index (κ3) is 2.16. The molecule has 1 aromatic carbocycles. The lowest BCUT2D eigenvalue weighted by Gasteiger charge is -2.10. The van der Waals surface area contributed by atoms with E-state index in [4.69, 9.17) is 10.8 Å². The largest absolute Gasteiger partial charge is 0.480 e. The molecule has 0 aliphatic heterocycles. The third-order valence-electron chi connectivity index (χ3n) is 2.36. The first-order valence-corrected chi connectivity index (χ1v) is 4.86. The molecule has 1 aromatic heterocycles. The summed E-state index contributed by atoms with van der Waals surface area (Å²) in [6.07, 6.45) is 2.81. The summed E-state index contributed by atoms with van der Waals surface area (Å²) >= 11 is 0. The summed E-state index contributed by atoms with van der Waals surface area (Å²) in [6.45, 7) is 0. The highest BCUT2D eigenvalue weighted by Gasteiger charge is 2.19. The monoisotopic (exact) mass is 235 g/mol. The van der Waals surface area contributed by atoms with Gasteiger partial charge in [-0.25, -0.2) is 9.37 Å². The molecule has 5 nitrogen and oxygen atoms in total. The first-order valence-electron chi connectivity index (χ1n) is 4.86. The Balaban J connectivity index is 2.43. The molecule has 0 fully saturated rings. The zero-order valence-electron chi connectivity index (χ0n) is 8.75. The van der Waals surface area contributed by atoms with E-state index in [1.54, 1.807) is 0 Å². The molecule has 0 bridgehead atoms. The normalized spacial score (nSPS) is 12.4. The topological polar surface area (TPSA) is 81.1 Å². The lowest BCUT2D eigenvalue weighted by molar-refractivity contribution is -0.138. The predicted molar refractivity (Wildman–Crippen MR) is 58.1 cm³/mol.